The molecule has 0 aromatic carbocycles. The van der Waals surface area contributed by atoms with Crippen molar-refractivity contribution >= 4 is 21.6 Å². The Morgan fingerprint density at radius 1 is 1.24 bits per heavy atom. The number of hydrogen-bond donors (Lipinski definition) is 0. The van der Waals surface area contributed by atoms with Crippen molar-refractivity contribution in [3.8, 4) is 0 Å². The van der Waals surface area contributed by atoms with Gasteiger partial charge in [-0.3, -0.25) is 0 Å². The number of hydrogen-bond acceptors (Lipinski definition) is 5. The van der Waals surface area contributed by atoms with Crippen LogP contribution in [-0.4, -0.2) is 43.7 Å². The fraction of sp³-hybridized carbons (Fsp3) is 1.00. The lowest BCUT2D eigenvalue weighted by Gasteiger charge is -2.20. The third kappa shape index (κ3) is 4.99. The molecule has 0 amide bonds. The normalized spacial score (nSPS) is 33.2. The van der Waals surface area contributed by atoms with Crippen molar-refractivity contribution in [2.24, 2.45) is 5.92 Å². The summed E-state index contributed by atoms with van der Waals surface area (Å²) >= 11 is 0. The molecule has 0 bridgehead atoms. The second-order valence-corrected chi connectivity index (χ2v) is 6.91. The highest BCUT2D eigenvalue weighted by Gasteiger charge is 2.40. The largest absolute Gasteiger partial charge is 0.382 e. The van der Waals surface area contributed by atoms with Gasteiger partial charge in [0.1, 0.15) is 12.0 Å². The Labute approximate surface area is 113 Å². The van der Waals surface area contributed by atoms with Crippen molar-refractivity contribution in [3.05, 3.63) is 0 Å². The van der Waals surface area contributed by atoms with Crippen molar-refractivity contribution in [1.29, 1.82) is 0 Å². The summed E-state index contributed by atoms with van der Waals surface area (Å²) in [5.74, 6) is 2.35. The van der Waals surface area contributed by atoms with E-state index in [-0.39, 0.29) is 18.3 Å². The molecule has 4 atom stereocenters. The molecule has 0 saturated carbocycles. The Hall–Kier alpha value is 0.580. The standard InChI is InChI=1S/C12H24O3S2/c1-5-6-16-17-8-14-12-9(2)10(3)15-11(12)7-13-4/h9-12H,5-8H2,1-4H3. The molecule has 3 nitrogen and oxygen atoms in total. The van der Waals surface area contributed by atoms with E-state index < -0.39 is 0 Å². The van der Waals surface area contributed by atoms with Gasteiger partial charge in [-0.15, -0.1) is 0 Å². The molecule has 0 radical (unpaired) electrons. The van der Waals surface area contributed by atoms with Crippen LogP contribution in [0.25, 0.3) is 0 Å². The fourth-order valence-corrected chi connectivity index (χ4v) is 3.71. The second-order valence-electron chi connectivity index (χ2n) is 4.38. The summed E-state index contributed by atoms with van der Waals surface area (Å²) < 4.78 is 17.0. The van der Waals surface area contributed by atoms with Crippen molar-refractivity contribution in [1.82, 2.24) is 0 Å². The van der Waals surface area contributed by atoms with Crippen molar-refractivity contribution in [2.75, 3.05) is 25.4 Å². The van der Waals surface area contributed by atoms with Gasteiger partial charge in [-0.1, -0.05) is 35.4 Å². The molecular weight excluding hydrogens is 256 g/mol. The minimum atomic E-state index is 0.0850. The molecule has 17 heavy (non-hydrogen) atoms. The molecule has 102 valence electrons. The van der Waals surface area contributed by atoms with E-state index in [9.17, 15) is 0 Å². The lowest BCUT2D eigenvalue weighted by atomic mass is 9.99. The molecule has 1 aliphatic rings. The lowest BCUT2D eigenvalue weighted by Crippen LogP contribution is -2.32. The zero-order valence-corrected chi connectivity index (χ0v) is 12.8. The molecular formula is C12H24O3S2. The van der Waals surface area contributed by atoms with Gasteiger partial charge >= 0.3 is 0 Å². The molecule has 1 fully saturated rings. The fourth-order valence-electron chi connectivity index (χ4n) is 1.92. The van der Waals surface area contributed by atoms with Crippen LogP contribution in [0.1, 0.15) is 27.2 Å². The molecule has 0 aromatic rings. The van der Waals surface area contributed by atoms with E-state index in [0.717, 1.165) is 5.94 Å². The predicted molar refractivity (Wildman–Crippen MR) is 75.5 cm³/mol. The first kappa shape index (κ1) is 15.6. The summed E-state index contributed by atoms with van der Waals surface area (Å²) in [5.41, 5.74) is 0. The molecule has 0 spiro atoms. The van der Waals surface area contributed by atoms with Gasteiger partial charge in [0.25, 0.3) is 0 Å². The van der Waals surface area contributed by atoms with Crippen LogP contribution < -0.4 is 0 Å². The van der Waals surface area contributed by atoms with E-state index in [2.05, 4.69) is 20.8 Å². The third-order valence-electron chi connectivity index (χ3n) is 3.02. The van der Waals surface area contributed by atoms with E-state index in [1.165, 1.54) is 12.2 Å². The Balaban J connectivity index is 2.27. The SMILES string of the molecule is CCCSSCOC1C(COC)OC(C)C1C. The molecule has 1 saturated heterocycles. The van der Waals surface area contributed by atoms with Gasteiger partial charge in [-0.2, -0.15) is 0 Å². The van der Waals surface area contributed by atoms with Gasteiger partial charge in [0, 0.05) is 18.8 Å². The Bertz CT molecular complexity index is 204. The van der Waals surface area contributed by atoms with Gasteiger partial charge in [-0.05, 0) is 13.3 Å². The third-order valence-corrected chi connectivity index (χ3v) is 5.29. The van der Waals surface area contributed by atoms with Gasteiger partial charge < -0.3 is 14.2 Å². The molecule has 1 aliphatic heterocycles. The van der Waals surface area contributed by atoms with Gasteiger partial charge in [0.05, 0.1) is 18.8 Å². The second kappa shape index (κ2) is 8.64. The van der Waals surface area contributed by atoms with Gasteiger partial charge in [0.15, 0.2) is 0 Å². The van der Waals surface area contributed by atoms with E-state index in [0.29, 0.717) is 12.5 Å². The summed E-state index contributed by atoms with van der Waals surface area (Å²) in [5, 5.41) is 0. The van der Waals surface area contributed by atoms with Crippen LogP contribution in [0, 0.1) is 5.92 Å². The van der Waals surface area contributed by atoms with Crippen LogP contribution in [0.5, 0.6) is 0 Å². The highest BCUT2D eigenvalue weighted by Crippen LogP contribution is 2.31. The van der Waals surface area contributed by atoms with Crippen LogP contribution in [-0.2, 0) is 14.2 Å². The molecule has 0 aliphatic carbocycles. The van der Waals surface area contributed by atoms with Crippen molar-refractivity contribution in [2.45, 2.75) is 45.5 Å². The zero-order chi connectivity index (χ0) is 12.7. The monoisotopic (exact) mass is 280 g/mol. The van der Waals surface area contributed by atoms with Gasteiger partial charge in [0.2, 0.25) is 0 Å². The number of rotatable bonds is 8. The van der Waals surface area contributed by atoms with Crippen LogP contribution in [0.4, 0.5) is 0 Å². The minimum Gasteiger partial charge on any atom is -0.382 e. The van der Waals surface area contributed by atoms with Crippen LogP contribution in [0.2, 0.25) is 0 Å². The molecule has 0 aromatic heterocycles. The highest BCUT2D eigenvalue weighted by molar-refractivity contribution is 8.76. The van der Waals surface area contributed by atoms with E-state index >= 15 is 0 Å². The number of methoxy groups -OCH3 is 1. The summed E-state index contributed by atoms with van der Waals surface area (Å²) in [6.45, 7) is 7.11. The van der Waals surface area contributed by atoms with E-state index in [1.807, 2.05) is 10.8 Å². The Kier molecular flexibility index (Phi) is 7.95. The van der Waals surface area contributed by atoms with Crippen LogP contribution >= 0.6 is 21.6 Å². The molecule has 4 unspecified atom stereocenters. The topological polar surface area (TPSA) is 27.7 Å². The quantitative estimate of drug-likeness (QED) is 0.387. The average molecular weight is 280 g/mol. The van der Waals surface area contributed by atoms with Gasteiger partial charge in [-0.25, -0.2) is 0 Å². The molecule has 1 rings (SSSR count). The Morgan fingerprint density at radius 3 is 2.65 bits per heavy atom. The summed E-state index contributed by atoms with van der Waals surface area (Å²) in [6, 6.07) is 0. The summed E-state index contributed by atoms with van der Waals surface area (Å²) in [7, 11) is 5.37. The van der Waals surface area contributed by atoms with Crippen molar-refractivity contribution in [3.63, 3.8) is 0 Å². The number of ether oxygens (including phenoxy) is 3. The first-order valence-corrected chi connectivity index (χ1v) is 8.69. The molecule has 0 N–H and O–H groups in total. The Morgan fingerprint density at radius 2 is 2.00 bits per heavy atom. The summed E-state index contributed by atoms with van der Waals surface area (Å²) in [4.78, 5) is 0. The maximum absolute atomic E-state index is 5.93. The zero-order valence-electron chi connectivity index (χ0n) is 11.2. The highest BCUT2D eigenvalue weighted by atomic mass is 33.1. The first-order valence-electron chi connectivity index (χ1n) is 6.21. The minimum absolute atomic E-state index is 0.0850. The average Bonchev–Trinajstić information content (AvgIpc) is 2.57. The summed E-state index contributed by atoms with van der Waals surface area (Å²) in [6.07, 6.45) is 1.72. The maximum atomic E-state index is 5.93. The lowest BCUT2D eigenvalue weighted by molar-refractivity contribution is -0.0440. The smallest absolute Gasteiger partial charge is 0.108 e. The maximum Gasteiger partial charge on any atom is 0.108 e. The van der Waals surface area contributed by atoms with E-state index in [4.69, 9.17) is 14.2 Å². The predicted octanol–water partition coefficient (Wildman–Crippen LogP) is 3.19. The first-order chi connectivity index (χ1) is 8.20. The van der Waals surface area contributed by atoms with Crippen LogP contribution in [0.3, 0.4) is 0 Å². The van der Waals surface area contributed by atoms with Crippen LogP contribution in [0.15, 0.2) is 0 Å². The van der Waals surface area contributed by atoms with Crippen molar-refractivity contribution < 1.29 is 14.2 Å². The molecule has 1 heterocycles. The molecule has 5 heteroatoms. The van der Waals surface area contributed by atoms with E-state index in [1.54, 1.807) is 17.9 Å².